The number of ether oxygens (including phenoxy) is 1. The van der Waals surface area contributed by atoms with Crippen LogP contribution in [0.15, 0.2) is 42.5 Å². The second-order valence-electron chi connectivity index (χ2n) is 7.59. The summed E-state index contributed by atoms with van der Waals surface area (Å²) in [6, 6.07) is 13.7. The molecule has 1 aliphatic heterocycles. The van der Waals surface area contributed by atoms with Gasteiger partial charge in [0.05, 0.1) is 29.9 Å². The third kappa shape index (κ3) is 5.19. The minimum Gasteiger partial charge on any atom is -0.379 e. The van der Waals surface area contributed by atoms with Gasteiger partial charge in [0.2, 0.25) is 5.91 Å². The molecule has 1 amide bonds. The summed E-state index contributed by atoms with van der Waals surface area (Å²) in [5.74, 6) is 0.0286. The molecule has 7 heteroatoms. The zero-order valence-electron chi connectivity index (χ0n) is 17.1. The molecule has 0 bridgehead atoms. The second-order valence-corrected chi connectivity index (χ2v) is 9.01. The van der Waals surface area contributed by atoms with Gasteiger partial charge in [-0.05, 0) is 42.7 Å². The molecule has 0 atom stereocenters. The first-order valence-electron chi connectivity index (χ1n) is 10.3. The van der Waals surface area contributed by atoms with Crippen molar-refractivity contribution in [2.24, 2.45) is 0 Å². The number of hydrogen-bond acceptors (Lipinski definition) is 5. The zero-order chi connectivity index (χ0) is 20.9. The van der Waals surface area contributed by atoms with Crippen molar-refractivity contribution >= 4 is 44.2 Å². The van der Waals surface area contributed by atoms with Crippen LogP contribution in [0.25, 0.3) is 10.2 Å². The van der Waals surface area contributed by atoms with Crippen LogP contribution in [0.4, 0.5) is 5.13 Å². The number of nitrogens with zero attached hydrogens (tertiary/aromatic N) is 3. The van der Waals surface area contributed by atoms with Crippen LogP contribution in [0.1, 0.15) is 17.5 Å². The lowest BCUT2D eigenvalue weighted by Gasteiger charge is -2.27. The molecule has 2 heterocycles. The molecule has 158 valence electrons. The maximum atomic E-state index is 13.3. The predicted octanol–water partition coefficient (Wildman–Crippen LogP) is 4.56. The number of fused-ring (bicyclic) bond motifs is 1. The van der Waals surface area contributed by atoms with E-state index in [-0.39, 0.29) is 12.3 Å². The maximum absolute atomic E-state index is 13.3. The van der Waals surface area contributed by atoms with Crippen LogP contribution in [0, 0.1) is 6.92 Å². The number of aromatic nitrogens is 1. The molecule has 30 heavy (non-hydrogen) atoms. The first-order chi connectivity index (χ1) is 14.6. The number of thiazole rings is 1. The van der Waals surface area contributed by atoms with Crippen LogP contribution in [0.2, 0.25) is 5.02 Å². The highest BCUT2D eigenvalue weighted by molar-refractivity contribution is 7.22. The molecular weight excluding hydrogens is 418 g/mol. The average molecular weight is 444 g/mol. The molecule has 0 aliphatic carbocycles. The van der Waals surface area contributed by atoms with E-state index in [2.05, 4.69) is 24.0 Å². The van der Waals surface area contributed by atoms with Gasteiger partial charge in [-0.15, -0.1) is 0 Å². The lowest BCUT2D eigenvalue weighted by atomic mass is 10.1. The number of carbonyl (C=O) groups excluding carboxylic acids is 1. The highest BCUT2D eigenvalue weighted by Crippen LogP contribution is 2.30. The van der Waals surface area contributed by atoms with E-state index in [0.717, 1.165) is 60.2 Å². The van der Waals surface area contributed by atoms with Crippen molar-refractivity contribution in [3.63, 3.8) is 0 Å². The lowest BCUT2D eigenvalue weighted by molar-refractivity contribution is -0.118. The molecule has 0 radical (unpaired) electrons. The van der Waals surface area contributed by atoms with Crippen molar-refractivity contribution in [1.82, 2.24) is 9.88 Å². The zero-order valence-corrected chi connectivity index (χ0v) is 18.7. The first-order valence-corrected chi connectivity index (χ1v) is 11.5. The van der Waals surface area contributed by atoms with Crippen LogP contribution in [-0.2, 0) is 16.0 Å². The minimum absolute atomic E-state index is 0.0286. The van der Waals surface area contributed by atoms with E-state index in [1.807, 2.05) is 35.2 Å². The van der Waals surface area contributed by atoms with Crippen molar-refractivity contribution in [3.8, 4) is 0 Å². The van der Waals surface area contributed by atoms with Gasteiger partial charge >= 0.3 is 0 Å². The van der Waals surface area contributed by atoms with Crippen LogP contribution in [0.3, 0.4) is 0 Å². The Labute approximate surface area is 186 Å². The summed E-state index contributed by atoms with van der Waals surface area (Å²) >= 11 is 7.88. The Balaban J connectivity index is 1.53. The molecular formula is C23H26ClN3O2S. The Hall–Kier alpha value is -1.99. The third-order valence-corrected chi connectivity index (χ3v) is 6.73. The highest BCUT2D eigenvalue weighted by Gasteiger charge is 2.21. The average Bonchev–Trinajstić information content (AvgIpc) is 3.16. The second kappa shape index (κ2) is 9.88. The van der Waals surface area contributed by atoms with E-state index in [4.69, 9.17) is 21.3 Å². The van der Waals surface area contributed by atoms with E-state index in [9.17, 15) is 4.79 Å². The van der Waals surface area contributed by atoms with Gasteiger partial charge in [0.15, 0.2) is 5.13 Å². The largest absolute Gasteiger partial charge is 0.379 e. The summed E-state index contributed by atoms with van der Waals surface area (Å²) < 4.78 is 6.53. The number of rotatable bonds is 7. The monoisotopic (exact) mass is 443 g/mol. The van der Waals surface area contributed by atoms with Crippen molar-refractivity contribution < 1.29 is 9.53 Å². The summed E-state index contributed by atoms with van der Waals surface area (Å²) in [4.78, 5) is 22.3. The van der Waals surface area contributed by atoms with Gasteiger partial charge in [-0.3, -0.25) is 14.6 Å². The van der Waals surface area contributed by atoms with E-state index in [1.165, 1.54) is 5.56 Å². The summed E-state index contributed by atoms with van der Waals surface area (Å²) in [6.45, 7) is 7.13. The van der Waals surface area contributed by atoms with E-state index in [1.54, 1.807) is 11.3 Å². The lowest BCUT2D eigenvalue weighted by Crippen LogP contribution is -2.39. The Morgan fingerprint density at radius 2 is 2.03 bits per heavy atom. The molecule has 0 unspecified atom stereocenters. The quantitative estimate of drug-likeness (QED) is 0.537. The van der Waals surface area contributed by atoms with Crippen LogP contribution in [0.5, 0.6) is 0 Å². The highest BCUT2D eigenvalue weighted by atomic mass is 35.5. The van der Waals surface area contributed by atoms with Gasteiger partial charge in [0, 0.05) is 31.2 Å². The molecule has 1 aromatic heterocycles. The number of anilines is 1. The first kappa shape index (κ1) is 21.2. The maximum Gasteiger partial charge on any atom is 0.233 e. The van der Waals surface area contributed by atoms with Crippen molar-refractivity contribution in [3.05, 3.63) is 58.6 Å². The van der Waals surface area contributed by atoms with E-state index < -0.39 is 0 Å². The SMILES string of the molecule is Cc1ccc2nc(N(CCCN3CCOCC3)C(=O)Cc3ccccc3Cl)sc2c1. The molecule has 1 saturated heterocycles. The topological polar surface area (TPSA) is 45.7 Å². The van der Waals surface area contributed by atoms with E-state index >= 15 is 0 Å². The Kier molecular flexibility index (Phi) is 7.00. The summed E-state index contributed by atoms with van der Waals surface area (Å²) in [5, 5.41) is 1.38. The standard InChI is InChI=1S/C23H26ClN3O2S/c1-17-7-8-20-21(15-17)30-23(25-20)27(10-4-9-26-11-13-29-14-12-26)22(28)16-18-5-2-3-6-19(18)24/h2-3,5-8,15H,4,9-14,16H2,1H3. The Bertz CT molecular complexity index is 1020. The normalized spacial score (nSPS) is 14.9. The van der Waals surface area contributed by atoms with Crippen molar-refractivity contribution in [1.29, 1.82) is 0 Å². The number of morpholine rings is 1. The number of aryl methyl sites for hydroxylation is 1. The number of benzene rings is 2. The third-order valence-electron chi connectivity index (χ3n) is 5.32. The van der Waals surface area contributed by atoms with Gasteiger partial charge in [-0.1, -0.05) is 47.2 Å². The molecule has 2 aromatic carbocycles. The van der Waals surface area contributed by atoms with Gasteiger partial charge in [-0.2, -0.15) is 0 Å². The van der Waals surface area contributed by atoms with E-state index in [0.29, 0.717) is 11.6 Å². The predicted molar refractivity (Wildman–Crippen MR) is 124 cm³/mol. The number of amides is 1. The molecule has 0 N–H and O–H groups in total. The van der Waals surface area contributed by atoms with Crippen LogP contribution >= 0.6 is 22.9 Å². The smallest absolute Gasteiger partial charge is 0.233 e. The molecule has 3 aromatic rings. The fourth-order valence-electron chi connectivity index (χ4n) is 3.64. The van der Waals surface area contributed by atoms with Gasteiger partial charge in [0.25, 0.3) is 0 Å². The fraction of sp³-hybridized carbons (Fsp3) is 0.391. The summed E-state index contributed by atoms with van der Waals surface area (Å²) in [7, 11) is 0. The van der Waals surface area contributed by atoms with Gasteiger partial charge in [0.1, 0.15) is 0 Å². The van der Waals surface area contributed by atoms with Crippen molar-refractivity contribution in [2.45, 2.75) is 19.8 Å². The Morgan fingerprint density at radius 3 is 2.83 bits per heavy atom. The van der Waals surface area contributed by atoms with Crippen LogP contribution < -0.4 is 4.90 Å². The molecule has 0 spiro atoms. The fourth-order valence-corrected chi connectivity index (χ4v) is 4.95. The molecule has 4 rings (SSSR count). The summed E-state index contributed by atoms with van der Waals surface area (Å²) in [6.07, 6.45) is 1.16. The van der Waals surface area contributed by atoms with Gasteiger partial charge < -0.3 is 4.74 Å². The number of halogens is 1. The molecule has 5 nitrogen and oxygen atoms in total. The summed E-state index contributed by atoms with van der Waals surface area (Å²) in [5.41, 5.74) is 2.97. The van der Waals surface area contributed by atoms with Crippen LogP contribution in [-0.4, -0.2) is 55.2 Å². The number of hydrogen-bond donors (Lipinski definition) is 0. The van der Waals surface area contributed by atoms with Gasteiger partial charge in [-0.25, -0.2) is 4.98 Å². The number of carbonyl (C=O) groups is 1. The molecule has 0 saturated carbocycles. The Morgan fingerprint density at radius 1 is 1.23 bits per heavy atom. The molecule has 1 fully saturated rings. The van der Waals surface area contributed by atoms with Crippen molar-refractivity contribution in [2.75, 3.05) is 44.3 Å². The minimum atomic E-state index is 0.0286. The molecule has 1 aliphatic rings.